The lowest BCUT2D eigenvalue weighted by atomic mass is 10.1. The minimum absolute atomic E-state index is 0.0229. The van der Waals surface area contributed by atoms with E-state index < -0.39 is 16.8 Å². The zero-order valence-corrected chi connectivity index (χ0v) is 13.3. The Morgan fingerprint density at radius 3 is 2.54 bits per heavy atom. The summed E-state index contributed by atoms with van der Waals surface area (Å²) in [6.07, 6.45) is 1.08. The fourth-order valence-electron chi connectivity index (χ4n) is 2.18. The van der Waals surface area contributed by atoms with Gasteiger partial charge >= 0.3 is 5.97 Å². The van der Waals surface area contributed by atoms with Gasteiger partial charge in [0.25, 0.3) is 11.6 Å². The van der Waals surface area contributed by atoms with Gasteiger partial charge in [-0.2, -0.15) is 0 Å². The van der Waals surface area contributed by atoms with E-state index in [2.05, 4.69) is 4.98 Å². The first-order valence-electron chi connectivity index (χ1n) is 6.89. The second-order valence-electron chi connectivity index (χ2n) is 5.23. The molecule has 0 saturated heterocycles. The van der Waals surface area contributed by atoms with E-state index in [0.717, 1.165) is 12.3 Å². The number of nitrogens with zero attached hydrogens (tertiary/aromatic N) is 3. The van der Waals surface area contributed by atoms with Gasteiger partial charge in [-0.05, 0) is 19.9 Å². The molecule has 9 heteroatoms. The van der Waals surface area contributed by atoms with Crippen molar-refractivity contribution in [1.29, 1.82) is 0 Å². The maximum atomic E-state index is 12.5. The molecular weight excluding hydrogens is 318 g/mol. The number of amides is 1. The number of furan rings is 1. The number of hydrogen-bond donors (Lipinski definition) is 1. The summed E-state index contributed by atoms with van der Waals surface area (Å²) in [7, 11) is 1.49. The van der Waals surface area contributed by atoms with Gasteiger partial charge in [0.1, 0.15) is 23.3 Å². The first kappa shape index (κ1) is 17.1. The summed E-state index contributed by atoms with van der Waals surface area (Å²) >= 11 is 0. The van der Waals surface area contributed by atoms with Gasteiger partial charge in [-0.3, -0.25) is 19.9 Å². The predicted octanol–water partition coefficient (Wildman–Crippen LogP) is 2.17. The second kappa shape index (κ2) is 6.49. The minimum atomic E-state index is -1.12. The Hall–Kier alpha value is -3.23. The van der Waals surface area contributed by atoms with Crippen LogP contribution in [0.25, 0.3) is 0 Å². The summed E-state index contributed by atoms with van der Waals surface area (Å²) in [4.78, 5) is 38.8. The molecule has 1 N–H and O–H groups in total. The Labute approximate surface area is 136 Å². The number of carbonyl (C=O) groups is 2. The average molecular weight is 333 g/mol. The Kier molecular flexibility index (Phi) is 4.63. The number of carboxylic acids is 1. The Morgan fingerprint density at radius 2 is 2.00 bits per heavy atom. The number of aryl methyl sites for hydroxylation is 2. The van der Waals surface area contributed by atoms with Crippen LogP contribution < -0.4 is 0 Å². The SMILES string of the molecule is Cc1ncc([N+](=O)[O-])cc1C(=O)N(C)Cc1cc(C(=O)O)c(C)o1. The Bertz CT molecular complexity index is 827. The van der Waals surface area contributed by atoms with Crippen molar-refractivity contribution in [2.45, 2.75) is 20.4 Å². The highest BCUT2D eigenvalue weighted by atomic mass is 16.6. The summed E-state index contributed by atoms with van der Waals surface area (Å²) in [6.45, 7) is 3.11. The molecule has 24 heavy (non-hydrogen) atoms. The molecule has 0 saturated carbocycles. The number of carbonyl (C=O) groups excluding carboxylic acids is 1. The fourth-order valence-corrected chi connectivity index (χ4v) is 2.18. The Morgan fingerprint density at radius 1 is 1.33 bits per heavy atom. The van der Waals surface area contributed by atoms with E-state index in [-0.39, 0.29) is 29.1 Å². The molecule has 2 heterocycles. The number of rotatable bonds is 5. The van der Waals surface area contributed by atoms with Gasteiger partial charge in [0, 0.05) is 13.1 Å². The molecule has 0 aliphatic rings. The number of pyridine rings is 1. The first-order valence-corrected chi connectivity index (χ1v) is 6.89. The van der Waals surface area contributed by atoms with Gasteiger partial charge in [-0.25, -0.2) is 4.79 Å². The fraction of sp³-hybridized carbons (Fsp3) is 0.267. The lowest BCUT2D eigenvalue weighted by Gasteiger charge is -2.16. The van der Waals surface area contributed by atoms with Crippen LogP contribution in [0.3, 0.4) is 0 Å². The lowest BCUT2D eigenvalue weighted by molar-refractivity contribution is -0.385. The molecule has 1 amide bonds. The summed E-state index contributed by atoms with van der Waals surface area (Å²) in [5, 5.41) is 19.8. The maximum Gasteiger partial charge on any atom is 0.339 e. The third-order valence-electron chi connectivity index (χ3n) is 3.45. The van der Waals surface area contributed by atoms with Crippen molar-refractivity contribution in [2.24, 2.45) is 0 Å². The number of nitro groups is 1. The van der Waals surface area contributed by atoms with E-state index in [9.17, 15) is 19.7 Å². The van der Waals surface area contributed by atoms with Gasteiger partial charge in [0.05, 0.1) is 22.7 Å². The van der Waals surface area contributed by atoms with Gasteiger partial charge in [-0.1, -0.05) is 0 Å². The quantitative estimate of drug-likeness (QED) is 0.656. The smallest absolute Gasteiger partial charge is 0.339 e. The molecule has 0 spiro atoms. The zero-order chi connectivity index (χ0) is 18.0. The minimum Gasteiger partial charge on any atom is -0.478 e. The highest BCUT2D eigenvalue weighted by Gasteiger charge is 2.21. The van der Waals surface area contributed by atoms with Crippen molar-refractivity contribution < 1.29 is 24.0 Å². The van der Waals surface area contributed by atoms with Crippen LogP contribution in [0.1, 0.15) is 37.9 Å². The van der Waals surface area contributed by atoms with E-state index in [1.54, 1.807) is 6.92 Å². The molecule has 0 aromatic carbocycles. The molecule has 0 fully saturated rings. The summed E-state index contributed by atoms with van der Waals surface area (Å²) in [5.74, 6) is -1.05. The highest BCUT2D eigenvalue weighted by Crippen LogP contribution is 2.19. The zero-order valence-electron chi connectivity index (χ0n) is 13.3. The van der Waals surface area contributed by atoms with Gasteiger partial charge in [-0.15, -0.1) is 0 Å². The monoisotopic (exact) mass is 333 g/mol. The van der Waals surface area contributed by atoms with Gasteiger partial charge < -0.3 is 14.4 Å². The summed E-state index contributed by atoms with van der Waals surface area (Å²) in [5.41, 5.74) is 0.214. The second-order valence-corrected chi connectivity index (χ2v) is 5.23. The van der Waals surface area contributed by atoms with Gasteiger partial charge in [0.2, 0.25) is 0 Å². The molecule has 0 aliphatic carbocycles. The lowest BCUT2D eigenvalue weighted by Crippen LogP contribution is -2.27. The van der Waals surface area contributed by atoms with Crippen molar-refractivity contribution in [2.75, 3.05) is 7.05 Å². The van der Waals surface area contributed by atoms with Crippen LogP contribution in [0, 0.1) is 24.0 Å². The molecule has 2 aromatic rings. The molecule has 0 bridgehead atoms. The average Bonchev–Trinajstić information content (AvgIpc) is 2.87. The highest BCUT2D eigenvalue weighted by molar-refractivity contribution is 5.95. The van der Waals surface area contributed by atoms with Crippen molar-refractivity contribution in [3.05, 3.63) is 56.8 Å². The molecule has 0 atom stereocenters. The van der Waals surface area contributed by atoms with Crippen molar-refractivity contribution in [3.63, 3.8) is 0 Å². The van der Waals surface area contributed by atoms with E-state index in [0.29, 0.717) is 11.5 Å². The largest absolute Gasteiger partial charge is 0.478 e. The van der Waals surface area contributed by atoms with E-state index >= 15 is 0 Å². The molecule has 2 aromatic heterocycles. The summed E-state index contributed by atoms with van der Waals surface area (Å²) in [6, 6.07) is 2.51. The topological polar surface area (TPSA) is 127 Å². The molecule has 2 rings (SSSR count). The molecular formula is C15H15N3O6. The number of hydrogen-bond acceptors (Lipinski definition) is 6. The van der Waals surface area contributed by atoms with Crippen LogP contribution in [0.5, 0.6) is 0 Å². The number of aromatic nitrogens is 1. The Balaban J connectivity index is 2.24. The van der Waals surface area contributed by atoms with Crippen LogP contribution in [0.4, 0.5) is 5.69 Å². The molecule has 0 aliphatic heterocycles. The third kappa shape index (κ3) is 3.40. The van der Waals surface area contributed by atoms with Crippen molar-refractivity contribution in [3.8, 4) is 0 Å². The van der Waals surface area contributed by atoms with Crippen LogP contribution in [0.2, 0.25) is 0 Å². The maximum absolute atomic E-state index is 12.5. The van der Waals surface area contributed by atoms with Gasteiger partial charge in [0.15, 0.2) is 0 Å². The number of carboxylic acid groups (broad SMARTS) is 1. The van der Waals surface area contributed by atoms with Crippen LogP contribution >= 0.6 is 0 Å². The third-order valence-corrected chi connectivity index (χ3v) is 3.45. The van der Waals surface area contributed by atoms with Crippen LogP contribution in [-0.4, -0.2) is 38.8 Å². The van der Waals surface area contributed by atoms with Crippen molar-refractivity contribution >= 4 is 17.6 Å². The van der Waals surface area contributed by atoms with Crippen molar-refractivity contribution in [1.82, 2.24) is 9.88 Å². The molecule has 0 unspecified atom stereocenters. The number of aromatic carboxylic acids is 1. The van der Waals surface area contributed by atoms with E-state index in [4.69, 9.17) is 9.52 Å². The molecule has 9 nitrogen and oxygen atoms in total. The van der Waals surface area contributed by atoms with E-state index in [1.165, 1.54) is 24.9 Å². The van der Waals surface area contributed by atoms with Crippen LogP contribution in [-0.2, 0) is 6.54 Å². The summed E-state index contributed by atoms with van der Waals surface area (Å²) < 4.78 is 5.33. The standard InChI is InChI=1S/C15H15N3O6/c1-8-12(4-10(6-16-8)18(22)23)14(19)17(3)7-11-5-13(15(20)21)9(2)24-11/h4-6H,7H2,1-3H3,(H,20,21). The van der Waals surface area contributed by atoms with Crippen LogP contribution in [0.15, 0.2) is 22.7 Å². The molecule has 126 valence electrons. The normalized spacial score (nSPS) is 10.5. The molecule has 0 radical (unpaired) electrons. The van der Waals surface area contributed by atoms with E-state index in [1.807, 2.05) is 0 Å². The first-order chi connectivity index (χ1) is 11.2. The predicted molar refractivity (Wildman–Crippen MR) is 81.8 cm³/mol.